The zero-order chi connectivity index (χ0) is 14.3. The number of halogens is 1. The normalized spacial score (nSPS) is 17.9. The number of hydrogen-bond acceptors (Lipinski definition) is 1. The zero-order valence-corrected chi connectivity index (χ0v) is 11.6. The molecule has 0 saturated carbocycles. The van der Waals surface area contributed by atoms with Crippen LogP contribution in [-0.4, -0.2) is 21.9 Å². The van der Waals surface area contributed by atoms with Crippen molar-refractivity contribution in [3.63, 3.8) is 0 Å². The molecule has 0 bridgehead atoms. The van der Waals surface area contributed by atoms with Crippen LogP contribution in [0, 0.1) is 12.7 Å². The standard InChI is InChI=1S/C16H17FN2O/c1-11-5-6-13(10-14(11)17)16(20)19-9-8-18-7-3-4-15(18)12(19)2/h3-7,10,12H,8-9H2,1-2H3/t12-/m0/s1. The van der Waals surface area contributed by atoms with E-state index in [1.54, 1.807) is 24.0 Å². The lowest BCUT2D eigenvalue weighted by atomic mass is 10.1. The molecule has 3 rings (SSSR count). The quantitative estimate of drug-likeness (QED) is 0.783. The lowest BCUT2D eigenvalue weighted by Crippen LogP contribution is -2.40. The maximum Gasteiger partial charge on any atom is 0.254 e. The summed E-state index contributed by atoms with van der Waals surface area (Å²) in [5.41, 5.74) is 2.10. The van der Waals surface area contributed by atoms with E-state index in [2.05, 4.69) is 4.57 Å². The first-order valence-corrected chi connectivity index (χ1v) is 6.80. The highest BCUT2D eigenvalue weighted by molar-refractivity contribution is 5.94. The molecule has 1 aromatic carbocycles. The minimum absolute atomic E-state index is 0.00983. The molecule has 0 fully saturated rings. The molecular formula is C16H17FN2O. The second kappa shape index (κ2) is 4.78. The third kappa shape index (κ3) is 2.01. The predicted molar refractivity (Wildman–Crippen MR) is 75.0 cm³/mol. The Kier molecular flexibility index (Phi) is 3.08. The summed E-state index contributed by atoms with van der Waals surface area (Å²) in [6, 6.07) is 8.71. The molecule has 104 valence electrons. The van der Waals surface area contributed by atoms with Gasteiger partial charge < -0.3 is 9.47 Å². The Hall–Kier alpha value is -2.10. The van der Waals surface area contributed by atoms with Crippen molar-refractivity contribution in [2.75, 3.05) is 6.54 Å². The molecular weight excluding hydrogens is 255 g/mol. The van der Waals surface area contributed by atoms with E-state index < -0.39 is 0 Å². The van der Waals surface area contributed by atoms with Gasteiger partial charge in [0.05, 0.1) is 6.04 Å². The fraction of sp³-hybridized carbons (Fsp3) is 0.312. The van der Waals surface area contributed by atoms with Crippen molar-refractivity contribution in [1.29, 1.82) is 0 Å². The van der Waals surface area contributed by atoms with E-state index in [0.29, 0.717) is 17.7 Å². The highest BCUT2D eigenvalue weighted by atomic mass is 19.1. The second-order valence-electron chi connectivity index (χ2n) is 5.26. The molecule has 0 unspecified atom stereocenters. The molecule has 0 aliphatic carbocycles. The summed E-state index contributed by atoms with van der Waals surface area (Å²) in [5.74, 6) is -0.437. The van der Waals surface area contributed by atoms with E-state index >= 15 is 0 Å². The first-order chi connectivity index (χ1) is 9.58. The van der Waals surface area contributed by atoms with Crippen LogP contribution in [0.5, 0.6) is 0 Å². The molecule has 2 heterocycles. The summed E-state index contributed by atoms with van der Waals surface area (Å²) in [6.45, 7) is 5.14. The zero-order valence-electron chi connectivity index (χ0n) is 11.6. The van der Waals surface area contributed by atoms with Crippen LogP contribution in [0.4, 0.5) is 4.39 Å². The van der Waals surface area contributed by atoms with Gasteiger partial charge in [0.15, 0.2) is 0 Å². The fourth-order valence-corrected chi connectivity index (χ4v) is 2.75. The minimum Gasteiger partial charge on any atom is -0.348 e. The van der Waals surface area contributed by atoms with Gasteiger partial charge in [0, 0.05) is 30.5 Å². The smallest absolute Gasteiger partial charge is 0.254 e. The van der Waals surface area contributed by atoms with Crippen molar-refractivity contribution in [3.05, 3.63) is 59.2 Å². The van der Waals surface area contributed by atoms with Gasteiger partial charge in [0.25, 0.3) is 5.91 Å². The van der Waals surface area contributed by atoms with Crippen molar-refractivity contribution < 1.29 is 9.18 Å². The summed E-state index contributed by atoms with van der Waals surface area (Å²) >= 11 is 0. The molecule has 0 saturated heterocycles. The first kappa shape index (κ1) is 12.9. The summed E-state index contributed by atoms with van der Waals surface area (Å²) in [5, 5.41) is 0. The number of amides is 1. The molecule has 1 atom stereocenters. The van der Waals surface area contributed by atoms with Gasteiger partial charge in [0.2, 0.25) is 0 Å². The molecule has 4 heteroatoms. The minimum atomic E-state index is -0.330. The molecule has 1 amide bonds. The topological polar surface area (TPSA) is 25.2 Å². The van der Waals surface area contributed by atoms with E-state index in [1.807, 2.05) is 25.3 Å². The number of rotatable bonds is 1. The van der Waals surface area contributed by atoms with Crippen LogP contribution in [-0.2, 0) is 6.54 Å². The molecule has 3 nitrogen and oxygen atoms in total. The van der Waals surface area contributed by atoms with Gasteiger partial charge in [0.1, 0.15) is 5.82 Å². The third-order valence-electron chi connectivity index (χ3n) is 4.02. The fourth-order valence-electron chi connectivity index (χ4n) is 2.75. The molecule has 20 heavy (non-hydrogen) atoms. The number of aromatic nitrogens is 1. The van der Waals surface area contributed by atoms with Crippen LogP contribution >= 0.6 is 0 Å². The van der Waals surface area contributed by atoms with Gasteiger partial charge in [-0.3, -0.25) is 4.79 Å². The average molecular weight is 272 g/mol. The van der Waals surface area contributed by atoms with Crippen LogP contribution in [0.25, 0.3) is 0 Å². The maximum atomic E-state index is 13.6. The van der Waals surface area contributed by atoms with Crippen molar-refractivity contribution in [1.82, 2.24) is 9.47 Å². The number of fused-ring (bicyclic) bond motifs is 1. The predicted octanol–water partition coefficient (Wildman–Crippen LogP) is 3.15. The molecule has 0 radical (unpaired) electrons. The maximum absolute atomic E-state index is 13.6. The van der Waals surface area contributed by atoms with Crippen LogP contribution in [0.2, 0.25) is 0 Å². The van der Waals surface area contributed by atoms with Crippen LogP contribution in [0.1, 0.15) is 34.6 Å². The first-order valence-electron chi connectivity index (χ1n) is 6.80. The van der Waals surface area contributed by atoms with Crippen molar-refractivity contribution in [2.24, 2.45) is 0 Å². The summed E-state index contributed by atoms with van der Waals surface area (Å²) in [4.78, 5) is 14.4. The van der Waals surface area contributed by atoms with Gasteiger partial charge in [-0.05, 0) is 43.7 Å². The van der Waals surface area contributed by atoms with Gasteiger partial charge >= 0.3 is 0 Å². The lowest BCUT2D eigenvalue weighted by Gasteiger charge is -2.35. The number of hydrogen-bond donors (Lipinski definition) is 0. The van der Waals surface area contributed by atoms with Crippen LogP contribution in [0.15, 0.2) is 36.5 Å². The van der Waals surface area contributed by atoms with E-state index in [4.69, 9.17) is 0 Å². The Morgan fingerprint density at radius 1 is 1.30 bits per heavy atom. The molecule has 1 aliphatic heterocycles. The van der Waals surface area contributed by atoms with E-state index in [9.17, 15) is 9.18 Å². The van der Waals surface area contributed by atoms with Crippen molar-refractivity contribution >= 4 is 5.91 Å². The average Bonchev–Trinajstić information content (AvgIpc) is 2.91. The SMILES string of the molecule is Cc1ccc(C(=O)N2CCn3cccc3[C@@H]2C)cc1F. The number of nitrogens with zero attached hydrogens (tertiary/aromatic N) is 2. The van der Waals surface area contributed by atoms with Crippen LogP contribution in [0.3, 0.4) is 0 Å². The molecule has 0 N–H and O–H groups in total. The monoisotopic (exact) mass is 272 g/mol. The Bertz CT molecular complexity index is 662. The summed E-state index contributed by atoms with van der Waals surface area (Å²) in [7, 11) is 0. The Morgan fingerprint density at radius 3 is 2.85 bits per heavy atom. The summed E-state index contributed by atoms with van der Waals surface area (Å²) < 4.78 is 15.8. The van der Waals surface area contributed by atoms with E-state index in [0.717, 1.165) is 12.2 Å². The Morgan fingerprint density at radius 2 is 2.10 bits per heavy atom. The number of benzene rings is 1. The second-order valence-corrected chi connectivity index (χ2v) is 5.26. The van der Waals surface area contributed by atoms with Gasteiger partial charge in [-0.1, -0.05) is 6.07 Å². The largest absolute Gasteiger partial charge is 0.348 e. The van der Waals surface area contributed by atoms with Gasteiger partial charge in [-0.25, -0.2) is 4.39 Å². The van der Waals surface area contributed by atoms with Gasteiger partial charge in [-0.15, -0.1) is 0 Å². The molecule has 2 aromatic rings. The third-order valence-corrected chi connectivity index (χ3v) is 4.02. The molecule has 1 aromatic heterocycles. The number of carbonyl (C=O) groups excluding carboxylic acids is 1. The lowest BCUT2D eigenvalue weighted by molar-refractivity contribution is 0.0643. The van der Waals surface area contributed by atoms with Crippen molar-refractivity contribution in [2.45, 2.75) is 26.4 Å². The number of carbonyl (C=O) groups is 1. The highest BCUT2D eigenvalue weighted by Gasteiger charge is 2.28. The highest BCUT2D eigenvalue weighted by Crippen LogP contribution is 2.27. The van der Waals surface area contributed by atoms with Crippen LogP contribution < -0.4 is 0 Å². The van der Waals surface area contributed by atoms with Crippen molar-refractivity contribution in [3.8, 4) is 0 Å². The van der Waals surface area contributed by atoms with E-state index in [1.165, 1.54) is 6.07 Å². The summed E-state index contributed by atoms with van der Waals surface area (Å²) in [6.07, 6.45) is 2.03. The molecule has 1 aliphatic rings. The Balaban J connectivity index is 1.90. The Labute approximate surface area is 117 Å². The molecule has 0 spiro atoms. The van der Waals surface area contributed by atoms with E-state index in [-0.39, 0.29) is 17.8 Å². The number of aryl methyl sites for hydroxylation is 1. The van der Waals surface area contributed by atoms with Gasteiger partial charge in [-0.2, -0.15) is 0 Å².